The Hall–Kier alpha value is -3.59. The monoisotopic (exact) mass is 440 g/mol. The summed E-state index contributed by atoms with van der Waals surface area (Å²) in [5.74, 6) is -2.13. The first-order valence-corrected chi connectivity index (χ1v) is 10.2. The Morgan fingerprint density at radius 2 is 2.00 bits per heavy atom. The fourth-order valence-electron chi connectivity index (χ4n) is 2.81. The van der Waals surface area contributed by atoms with Gasteiger partial charge in [-0.1, -0.05) is 25.1 Å². The number of nitrogens with zero attached hydrogens (tertiary/aromatic N) is 1. The number of hydrogen-bond acceptors (Lipinski definition) is 6. The molecule has 1 amide bonds. The molecule has 0 spiro atoms. The summed E-state index contributed by atoms with van der Waals surface area (Å²) in [6, 6.07) is 11.5. The number of amidine groups is 1. The standard InChI is InChI=1S/C22H20N2O6S/c1-3-17(21(28)29)30-14-6-4-5-13(10-14)11-18-19(25)24-22(31-18)23-16-9-12(2)7-8-15(16)20(26)27/h4-11,17H,3H2,1-2H3,(H,26,27)(H,28,29)(H,23,24,25)/b18-11-. The van der Waals surface area contributed by atoms with Gasteiger partial charge in [-0.2, -0.15) is 0 Å². The predicted octanol–water partition coefficient (Wildman–Crippen LogP) is 3.83. The van der Waals surface area contributed by atoms with Crippen LogP contribution in [-0.4, -0.2) is 39.3 Å². The Kier molecular flexibility index (Phi) is 6.76. The van der Waals surface area contributed by atoms with Gasteiger partial charge in [-0.05, 0) is 66.6 Å². The Morgan fingerprint density at radius 3 is 2.68 bits per heavy atom. The van der Waals surface area contributed by atoms with E-state index in [2.05, 4.69) is 10.3 Å². The molecule has 1 saturated heterocycles. The molecule has 0 bridgehead atoms. The molecule has 1 aliphatic heterocycles. The predicted molar refractivity (Wildman–Crippen MR) is 118 cm³/mol. The minimum Gasteiger partial charge on any atom is -0.479 e. The van der Waals surface area contributed by atoms with E-state index in [1.54, 1.807) is 49.4 Å². The van der Waals surface area contributed by atoms with Crippen LogP contribution in [0.3, 0.4) is 0 Å². The van der Waals surface area contributed by atoms with Crippen molar-refractivity contribution in [3.63, 3.8) is 0 Å². The summed E-state index contributed by atoms with van der Waals surface area (Å²) in [7, 11) is 0. The number of rotatable bonds is 7. The van der Waals surface area contributed by atoms with Gasteiger partial charge < -0.3 is 20.3 Å². The van der Waals surface area contributed by atoms with Gasteiger partial charge in [0.05, 0.1) is 16.2 Å². The van der Waals surface area contributed by atoms with E-state index < -0.39 is 18.0 Å². The molecule has 0 aliphatic carbocycles. The van der Waals surface area contributed by atoms with Crippen molar-refractivity contribution < 1.29 is 29.3 Å². The lowest BCUT2D eigenvalue weighted by Gasteiger charge is -2.13. The highest BCUT2D eigenvalue weighted by Crippen LogP contribution is 2.30. The van der Waals surface area contributed by atoms with Crippen molar-refractivity contribution in [3.8, 4) is 5.75 Å². The average Bonchev–Trinajstić information content (AvgIpc) is 3.04. The first kappa shape index (κ1) is 22.1. The number of carbonyl (C=O) groups is 3. The van der Waals surface area contributed by atoms with Crippen molar-refractivity contribution in [3.05, 3.63) is 64.1 Å². The van der Waals surface area contributed by atoms with Gasteiger partial charge in [0.15, 0.2) is 11.3 Å². The van der Waals surface area contributed by atoms with Gasteiger partial charge in [-0.3, -0.25) is 4.79 Å². The van der Waals surface area contributed by atoms with Crippen molar-refractivity contribution >= 4 is 46.5 Å². The third-order valence-corrected chi connectivity index (χ3v) is 5.25. The van der Waals surface area contributed by atoms with Gasteiger partial charge in [-0.25, -0.2) is 14.6 Å². The second-order valence-corrected chi connectivity index (χ2v) is 7.76. The number of aliphatic imine (C=N–C) groups is 1. The Labute approximate surface area is 182 Å². The molecule has 2 aromatic carbocycles. The molecule has 1 aliphatic rings. The van der Waals surface area contributed by atoms with Crippen molar-refractivity contribution in [2.24, 2.45) is 4.99 Å². The molecule has 3 rings (SSSR count). The maximum absolute atomic E-state index is 12.4. The van der Waals surface area contributed by atoms with Gasteiger partial charge in [0.1, 0.15) is 5.75 Å². The zero-order valence-electron chi connectivity index (χ0n) is 16.8. The van der Waals surface area contributed by atoms with Crippen LogP contribution < -0.4 is 10.1 Å². The number of nitrogens with one attached hydrogen (secondary N) is 1. The SMILES string of the molecule is CCC(Oc1cccc(/C=C2\SC(=Nc3cc(C)ccc3C(=O)O)NC2=O)c1)C(=O)O. The van der Waals surface area contributed by atoms with Gasteiger partial charge in [-0.15, -0.1) is 0 Å². The summed E-state index contributed by atoms with van der Waals surface area (Å²) in [6.07, 6.45) is 0.991. The molecule has 0 aromatic heterocycles. The third kappa shape index (κ3) is 5.52. The van der Waals surface area contributed by atoms with Crippen LogP contribution >= 0.6 is 11.8 Å². The van der Waals surface area contributed by atoms with Crippen LogP contribution in [0.1, 0.15) is 34.8 Å². The normalized spacial score (nSPS) is 16.9. The molecule has 1 fully saturated rings. The van der Waals surface area contributed by atoms with Crippen LogP contribution in [0.4, 0.5) is 5.69 Å². The van der Waals surface area contributed by atoms with E-state index in [4.69, 9.17) is 9.84 Å². The van der Waals surface area contributed by atoms with Crippen LogP contribution in [0.2, 0.25) is 0 Å². The lowest BCUT2D eigenvalue weighted by Crippen LogP contribution is -2.25. The average molecular weight is 440 g/mol. The van der Waals surface area contributed by atoms with E-state index in [-0.39, 0.29) is 22.3 Å². The maximum Gasteiger partial charge on any atom is 0.344 e. The molecule has 1 heterocycles. The van der Waals surface area contributed by atoms with Crippen LogP contribution in [0.5, 0.6) is 5.75 Å². The Morgan fingerprint density at radius 1 is 1.23 bits per heavy atom. The number of aromatic carboxylic acids is 1. The van der Waals surface area contributed by atoms with Crippen molar-refractivity contribution in [1.29, 1.82) is 0 Å². The smallest absolute Gasteiger partial charge is 0.344 e. The van der Waals surface area contributed by atoms with Crippen LogP contribution in [0, 0.1) is 6.92 Å². The van der Waals surface area contributed by atoms with Crippen LogP contribution in [0.25, 0.3) is 6.08 Å². The van der Waals surface area contributed by atoms with Gasteiger partial charge in [0.25, 0.3) is 5.91 Å². The fourth-order valence-corrected chi connectivity index (χ4v) is 3.64. The molecule has 0 radical (unpaired) electrons. The first-order chi connectivity index (χ1) is 14.8. The summed E-state index contributed by atoms with van der Waals surface area (Å²) in [5.41, 5.74) is 1.79. The molecule has 1 atom stereocenters. The molecule has 2 aromatic rings. The van der Waals surface area contributed by atoms with E-state index in [1.807, 2.05) is 6.92 Å². The number of aliphatic carboxylic acids is 1. The molecule has 1 unspecified atom stereocenters. The number of thioether (sulfide) groups is 1. The van der Waals surface area contributed by atoms with Crippen molar-refractivity contribution in [1.82, 2.24) is 5.32 Å². The third-order valence-electron chi connectivity index (χ3n) is 4.34. The second kappa shape index (κ2) is 9.48. The summed E-state index contributed by atoms with van der Waals surface area (Å²) < 4.78 is 5.49. The van der Waals surface area contributed by atoms with E-state index in [1.165, 1.54) is 6.07 Å². The Bertz CT molecular complexity index is 1110. The van der Waals surface area contributed by atoms with Gasteiger partial charge >= 0.3 is 11.9 Å². The molecule has 0 saturated carbocycles. The van der Waals surface area contributed by atoms with Gasteiger partial charge in [0.2, 0.25) is 0 Å². The highest BCUT2D eigenvalue weighted by atomic mass is 32.2. The molecular formula is C22H20N2O6S. The zero-order valence-corrected chi connectivity index (χ0v) is 17.6. The highest BCUT2D eigenvalue weighted by Gasteiger charge is 2.25. The second-order valence-electron chi connectivity index (χ2n) is 6.73. The van der Waals surface area contributed by atoms with E-state index in [0.29, 0.717) is 22.6 Å². The molecular weight excluding hydrogens is 420 g/mol. The first-order valence-electron chi connectivity index (χ1n) is 9.40. The molecule has 8 nitrogen and oxygen atoms in total. The number of ether oxygens (including phenoxy) is 1. The van der Waals surface area contributed by atoms with Gasteiger partial charge in [0, 0.05) is 0 Å². The number of carboxylic acids is 2. The number of amides is 1. The van der Waals surface area contributed by atoms with Crippen molar-refractivity contribution in [2.45, 2.75) is 26.4 Å². The number of benzene rings is 2. The number of carboxylic acid groups (broad SMARTS) is 2. The topological polar surface area (TPSA) is 125 Å². The maximum atomic E-state index is 12.4. The summed E-state index contributed by atoms with van der Waals surface area (Å²) in [5, 5.41) is 21.4. The summed E-state index contributed by atoms with van der Waals surface area (Å²) >= 11 is 1.09. The number of hydrogen-bond donors (Lipinski definition) is 3. The molecule has 31 heavy (non-hydrogen) atoms. The number of aryl methyl sites for hydroxylation is 1. The quantitative estimate of drug-likeness (QED) is 0.559. The van der Waals surface area contributed by atoms with E-state index >= 15 is 0 Å². The zero-order chi connectivity index (χ0) is 22.5. The van der Waals surface area contributed by atoms with E-state index in [0.717, 1.165) is 17.3 Å². The van der Waals surface area contributed by atoms with E-state index in [9.17, 15) is 19.5 Å². The summed E-state index contributed by atoms with van der Waals surface area (Å²) in [4.78, 5) is 39.6. The Balaban J connectivity index is 1.83. The largest absolute Gasteiger partial charge is 0.479 e. The minimum atomic E-state index is -1.10. The van der Waals surface area contributed by atoms with Crippen LogP contribution in [-0.2, 0) is 9.59 Å². The number of carbonyl (C=O) groups excluding carboxylic acids is 1. The lowest BCUT2D eigenvalue weighted by atomic mass is 10.1. The summed E-state index contributed by atoms with van der Waals surface area (Å²) in [6.45, 7) is 3.54. The highest BCUT2D eigenvalue weighted by molar-refractivity contribution is 8.18. The van der Waals surface area contributed by atoms with Crippen LogP contribution in [0.15, 0.2) is 52.4 Å². The minimum absolute atomic E-state index is 0.0409. The molecule has 9 heteroatoms. The lowest BCUT2D eigenvalue weighted by molar-refractivity contribution is -0.145. The molecule has 3 N–H and O–H groups in total. The van der Waals surface area contributed by atoms with Crippen molar-refractivity contribution in [2.75, 3.05) is 0 Å². The fraction of sp³-hybridized carbons (Fsp3) is 0.182. The molecule has 160 valence electrons.